The van der Waals surface area contributed by atoms with Crippen LogP contribution in [0.2, 0.25) is 0 Å². The van der Waals surface area contributed by atoms with Crippen molar-refractivity contribution >= 4 is 0 Å². The standard InChI is InChI=1S/C11H20N2/c1-2-3-4-7-12-9-11-6-5-8-13-10-11/h11-13H,4-10H2,1H3. The van der Waals surface area contributed by atoms with Crippen LogP contribution in [0.4, 0.5) is 0 Å². The summed E-state index contributed by atoms with van der Waals surface area (Å²) in [5.74, 6) is 6.80. The second-order valence-corrected chi connectivity index (χ2v) is 3.59. The van der Waals surface area contributed by atoms with E-state index in [4.69, 9.17) is 0 Å². The first-order chi connectivity index (χ1) is 6.43. The van der Waals surface area contributed by atoms with Crippen LogP contribution in [-0.2, 0) is 0 Å². The van der Waals surface area contributed by atoms with Crippen molar-refractivity contribution < 1.29 is 0 Å². The van der Waals surface area contributed by atoms with Crippen LogP contribution in [0, 0.1) is 17.8 Å². The predicted molar refractivity (Wildman–Crippen MR) is 56.5 cm³/mol. The number of rotatable bonds is 4. The Bertz CT molecular complexity index is 172. The second-order valence-electron chi connectivity index (χ2n) is 3.59. The zero-order chi connectivity index (χ0) is 9.36. The molecule has 1 aliphatic heterocycles. The monoisotopic (exact) mass is 180 g/mol. The highest BCUT2D eigenvalue weighted by molar-refractivity contribution is 4.95. The van der Waals surface area contributed by atoms with Gasteiger partial charge in [0, 0.05) is 13.0 Å². The van der Waals surface area contributed by atoms with Crippen molar-refractivity contribution in [3.8, 4) is 11.8 Å². The van der Waals surface area contributed by atoms with Crippen molar-refractivity contribution in [1.29, 1.82) is 0 Å². The van der Waals surface area contributed by atoms with Gasteiger partial charge in [-0.2, -0.15) is 0 Å². The molecule has 1 aliphatic rings. The van der Waals surface area contributed by atoms with Gasteiger partial charge in [-0.15, -0.1) is 11.8 Å². The Labute approximate surface area is 81.5 Å². The fraction of sp³-hybridized carbons (Fsp3) is 0.818. The van der Waals surface area contributed by atoms with Gasteiger partial charge in [-0.1, -0.05) is 0 Å². The third kappa shape index (κ3) is 4.92. The molecule has 1 heterocycles. The molecule has 0 aromatic heterocycles. The molecule has 1 rings (SSSR count). The summed E-state index contributed by atoms with van der Waals surface area (Å²) in [6.45, 7) is 6.48. The van der Waals surface area contributed by atoms with E-state index in [-0.39, 0.29) is 0 Å². The average Bonchev–Trinajstić information content (AvgIpc) is 2.19. The van der Waals surface area contributed by atoms with Crippen LogP contribution in [0.25, 0.3) is 0 Å². The van der Waals surface area contributed by atoms with Crippen LogP contribution in [-0.4, -0.2) is 26.2 Å². The van der Waals surface area contributed by atoms with Crippen LogP contribution in [0.1, 0.15) is 26.2 Å². The predicted octanol–water partition coefficient (Wildman–Crippen LogP) is 0.989. The summed E-state index contributed by atoms with van der Waals surface area (Å²) in [6.07, 6.45) is 3.69. The molecular formula is C11H20N2. The first kappa shape index (κ1) is 10.6. The normalized spacial score (nSPS) is 22.1. The van der Waals surface area contributed by atoms with Crippen LogP contribution < -0.4 is 10.6 Å². The first-order valence-corrected chi connectivity index (χ1v) is 5.24. The number of hydrogen-bond acceptors (Lipinski definition) is 2. The van der Waals surface area contributed by atoms with Gasteiger partial charge in [-0.3, -0.25) is 0 Å². The van der Waals surface area contributed by atoms with Crippen LogP contribution in [0.15, 0.2) is 0 Å². The minimum absolute atomic E-state index is 0.836. The summed E-state index contributed by atoms with van der Waals surface area (Å²) in [5, 5.41) is 6.87. The lowest BCUT2D eigenvalue weighted by molar-refractivity contribution is 0.362. The van der Waals surface area contributed by atoms with E-state index in [1.165, 1.54) is 25.9 Å². The van der Waals surface area contributed by atoms with E-state index in [1.54, 1.807) is 0 Å². The highest BCUT2D eigenvalue weighted by atomic mass is 14.9. The molecular weight excluding hydrogens is 160 g/mol. The average molecular weight is 180 g/mol. The van der Waals surface area contributed by atoms with Crippen LogP contribution in [0.5, 0.6) is 0 Å². The largest absolute Gasteiger partial charge is 0.316 e. The van der Waals surface area contributed by atoms with Gasteiger partial charge in [-0.25, -0.2) is 0 Å². The first-order valence-electron chi connectivity index (χ1n) is 5.24. The van der Waals surface area contributed by atoms with Crippen molar-refractivity contribution in [2.45, 2.75) is 26.2 Å². The Morgan fingerprint density at radius 3 is 3.15 bits per heavy atom. The second kappa shape index (κ2) is 6.94. The maximum absolute atomic E-state index is 3.45. The maximum Gasteiger partial charge on any atom is 0.0214 e. The molecule has 0 bridgehead atoms. The molecule has 74 valence electrons. The summed E-state index contributed by atoms with van der Waals surface area (Å²) in [7, 11) is 0. The minimum Gasteiger partial charge on any atom is -0.316 e. The number of hydrogen-bond donors (Lipinski definition) is 2. The quantitative estimate of drug-likeness (QED) is 0.498. The molecule has 2 N–H and O–H groups in total. The van der Waals surface area contributed by atoms with E-state index in [9.17, 15) is 0 Å². The molecule has 1 unspecified atom stereocenters. The maximum atomic E-state index is 3.45. The fourth-order valence-corrected chi connectivity index (χ4v) is 1.68. The molecule has 2 nitrogen and oxygen atoms in total. The van der Waals surface area contributed by atoms with Crippen molar-refractivity contribution in [3.05, 3.63) is 0 Å². The third-order valence-electron chi connectivity index (χ3n) is 2.44. The highest BCUT2D eigenvalue weighted by Crippen LogP contribution is 2.07. The molecule has 1 saturated heterocycles. The molecule has 1 fully saturated rings. The van der Waals surface area contributed by atoms with Gasteiger partial charge in [0.1, 0.15) is 0 Å². The number of piperidine rings is 1. The summed E-state index contributed by atoms with van der Waals surface area (Å²) < 4.78 is 0. The Kier molecular flexibility index (Phi) is 5.64. The fourth-order valence-electron chi connectivity index (χ4n) is 1.68. The SMILES string of the molecule is CC#CCCNCC1CCCNC1. The van der Waals surface area contributed by atoms with Crippen molar-refractivity contribution in [3.63, 3.8) is 0 Å². The molecule has 0 saturated carbocycles. The van der Waals surface area contributed by atoms with Gasteiger partial charge in [0.2, 0.25) is 0 Å². The van der Waals surface area contributed by atoms with E-state index in [0.29, 0.717) is 0 Å². The van der Waals surface area contributed by atoms with Gasteiger partial charge in [0.15, 0.2) is 0 Å². The Morgan fingerprint density at radius 2 is 2.46 bits per heavy atom. The molecule has 0 spiro atoms. The lowest BCUT2D eigenvalue weighted by Gasteiger charge is -2.22. The Balaban J connectivity index is 1.94. The van der Waals surface area contributed by atoms with E-state index in [2.05, 4.69) is 22.5 Å². The van der Waals surface area contributed by atoms with Gasteiger partial charge in [-0.05, 0) is 45.3 Å². The van der Waals surface area contributed by atoms with Crippen LogP contribution >= 0.6 is 0 Å². The van der Waals surface area contributed by atoms with E-state index in [0.717, 1.165) is 25.4 Å². The topological polar surface area (TPSA) is 24.1 Å². The third-order valence-corrected chi connectivity index (χ3v) is 2.44. The molecule has 0 amide bonds. The summed E-state index contributed by atoms with van der Waals surface area (Å²) in [5.41, 5.74) is 0. The van der Waals surface area contributed by atoms with Gasteiger partial charge >= 0.3 is 0 Å². The summed E-state index contributed by atoms with van der Waals surface area (Å²) >= 11 is 0. The summed E-state index contributed by atoms with van der Waals surface area (Å²) in [6, 6.07) is 0. The zero-order valence-electron chi connectivity index (χ0n) is 8.53. The van der Waals surface area contributed by atoms with Gasteiger partial charge < -0.3 is 10.6 Å². The van der Waals surface area contributed by atoms with E-state index >= 15 is 0 Å². The van der Waals surface area contributed by atoms with Crippen molar-refractivity contribution in [1.82, 2.24) is 10.6 Å². The van der Waals surface area contributed by atoms with Gasteiger partial charge in [0.25, 0.3) is 0 Å². The van der Waals surface area contributed by atoms with Crippen molar-refractivity contribution in [2.75, 3.05) is 26.2 Å². The Hall–Kier alpha value is -0.520. The lowest BCUT2D eigenvalue weighted by Crippen LogP contribution is -2.36. The molecule has 13 heavy (non-hydrogen) atoms. The summed E-state index contributed by atoms with van der Waals surface area (Å²) in [4.78, 5) is 0. The molecule has 0 aromatic carbocycles. The lowest BCUT2D eigenvalue weighted by atomic mass is 10.00. The minimum atomic E-state index is 0.836. The number of nitrogens with one attached hydrogen (secondary N) is 2. The van der Waals surface area contributed by atoms with Crippen LogP contribution in [0.3, 0.4) is 0 Å². The molecule has 0 aliphatic carbocycles. The van der Waals surface area contributed by atoms with E-state index < -0.39 is 0 Å². The van der Waals surface area contributed by atoms with Crippen molar-refractivity contribution in [2.24, 2.45) is 5.92 Å². The van der Waals surface area contributed by atoms with E-state index in [1.807, 2.05) is 6.92 Å². The smallest absolute Gasteiger partial charge is 0.0214 e. The Morgan fingerprint density at radius 1 is 1.54 bits per heavy atom. The molecule has 2 heteroatoms. The molecule has 0 radical (unpaired) electrons. The highest BCUT2D eigenvalue weighted by Gasteiger charge is 2.11. The van der Waals surface area contributed by atoms with Gasteiger partial charge in [0.05, 0.1) is 0 Å². The molecule has 1 atom stereocenters. The zero-order valence-corrected chi connectivity index (χ0v) is 8.53. The molecule has 0 aromatic rings.